The molecule has 166 valence electrons. The van der Waals surface area contributed by atoms with Crippen molar-refractivity contribution in [1.29, 1.82) is 0 Å². The van der Waals surface area contributed by atoms with Gasteiger partial charge in [0, 0.05) is 33.5 Å². The molecule has 3 heterocycles. The Hall–Kier alpha value is -3.87. The van der Waals surface area contributed by atoms with Crippen molar-refractivity contribution in [3.05, 3.63) is 78.9 Å². The number of carbonyl (C=O) groups is 1. The van der Waals surface area contributed by atoms with E-state index in [2.05, 4.69) is 4.98 Å². The molecule has 4 aromatic rings. The molecule has 7 heteroatoms. The maximum absolute atomic E-state index is 13.1. The van der Waals surface area contributed by atoms with Crippen molar-refractivity contribution in [3.8, 4) is 11.5 Å². The van der Waals surface area contributed by atoms with Crippen LogP contribution in [0.3, 0.4) is 0 Å². The number of benzene rings is 2. The van der Waals surface area contributed by atoms with E-state index in [0.717, 1.165) is 34.9 Å². The number of methoxy groups -OCH3 is 1. The number of aryl methyl sites for hydroxylation is 2. The van der Waals surface area contributed by atoms with Crippen LogP contribution in [-0.4, -0.2) is 18.1 Å². The normalized spacial score (nSPS) is 17.2. The molecule has 1 N–H and O–H groups in total. The summed E-state index contributed by atoms with van der Waals surface area (Å²) in [6.07, 6.45) is 2.29. The number of pyridine rings is 1. The summed E-state index contributed by atoms with van der Waals surface area (Å²) in [5, 5.41) is 1.49. The van der Waals surface area contributed by atoms with Gasteiger partial charge >= 0.3 is 11.6 Å². The molecule has 0 bridgehead atoms. The Labute approximate surface area is 187 Å². The number of H-pyrrole nitrogens is 1. The first-order valence-corrected chi connectivity index (χ1v) is 11.0. The fraction of sp³-hybridized carbons (Fsp3) is 0.269. The van der Waals surface area contributed by atoms with E-state index in [4.69, 9.17) is 13.9 Å². The van der Waals surface area contributed by atoms with Crippen LogP contribution in [0.25, 0.3) is 21.9 Å². The van der Waals surface area contributed by atoms with Crippen LogP contribution in [0.1, 0.15) is 46.6 Å². The van der Waals surface area contributed by atoms with Gasteiger partial charge in [-0.15, -0.1) is 0 Å². The number of hydrogen-bond donors (Lipinski definition) is 1. The highest BCUT2D eigenvalue weighted by atomic mass is 16.5. The van der Waals surface area contributed by atoms with E-state index in [1.165, 1.54) is 0 Å². The van der Waals surface area contributed by atoms with Crippen LogP contribution in [0.15, 0.2) is 44.3 Å². The van der Waals surface area contributed by atoms with Gasteiger partial charge in [-0.1, -0.05) is 0 Å². The van der Waals surface area contributed by atoms with E-state index in [0.29, 0.717) is 45.5 Å². The van der Waals surface area contributed by atoms with Crippen LogP contribution >= 0.6 is 0 Å². The van der Waals surface area contributed by atoms with E-state index in [1.54, 1.807) is 19.2 Å². The number of rotatable bonds is 2. The summed E-state index contributed by atoms with van der Waals surface area (Å²) in [4.78, 5) is 41.3. The number of hydrogen-bond acceptors (Lipinski definition) is 6. The Morgan fingerprint density at radius 1 is 1.06 bits per heavy atom. The van der Waals surface area contributed by atoms with Crippen molar-refractivity contribution in [3.63, 3.8) is 0 Å². The molecule has 33 heavy (non-hydrogen) atoms. The van der Waals surface area contributed by atoms with Crippen molar-refractivity contribution in [2.24, 2.45) is 0 Å². The number of esters is 1. The second-order valence-electron chi connectivity index (χ2n) is 8.75. The SMILES string of the molecule is COc1ccc2[nH]c(=O)c([C@@H]3CC(=O)Oc4c3c(C)cc3oc(=O)c5c(c43)CCC5)cc2c1. The molecule has 0 unspecified atom stereocenters. The molecule has 0 fully saturated rings. The molecule has 1 atom stereocenters. The van der Waals surface area contributed by atoms with Crippen molar-refractivity contribution in [1.82, 2.24) is 4.98 Å². The van der Waals surface area contributed by atoms with E-state index >= 15 is 0 Å². The summed E-state index contributed by atoms with van der Waals surface area (Å²) in [6.45, 7) is 1.88. The molecule has 7 nitrogen and oxygen atoms in total. The van der Waals surface area contributed by atoms with Crippen LogP contribution in [0, 0.1) is 6.92 Å². The number of ether oxygens (including phenoxy) is 2. The van der Waals surface area contributed by atoms with Crippen LogP contribution in [0.2, 0.25) is 0 Å². The fourth-order valence-corrected chi connectivity index (χ4v) is 5.36. The smallest absolute Gasteiger partial charge is 0.339 e. The lowest BCUT2D eigenvalue weighted by molar-refractivity contribution is -0.135. The predicted molar refractivity (Wildman–Crippen MR) is 122 cm³/mol. The molecule has 0 saturated heterocycles. The van der Waals surface area contributed by atoms with Crippen molar-refractivity contribution in [2.75, 3.05) is 7.11 Å². The molecule has 0 saturated carbocycles. The molecule has 1 aliphatic heterocycles. The maximum Gasteiger partial charge on any atom is 0.339 e. The molecule has 2 aromatic heterocycles. The van der Waals surface area contributed by atoms with E-state index in [1.807, 2.05) is 25.1 Å². The lowest BCUT2D eigenvalue weighted by Gasteiger charge is -2.28. The summed E-state index contributed by atoms with van der Waals surface area (Å²) in [5.74, 6) is 0.200. The largest absolute Gasteiger partial charge is 0.497 e. The Balaban J connectivity index is 1.64. The summed E-state index contributed by atoms with van der Waals surface area (Å²) >= 11 is 0. The molecule has 2 aliphatic rings. The first-order chi connectivity index (χ1) is 15.9. The van der Waals surface area contributed by atoms with Gasteiger partial charge in [0.05, 0.1) is 18.9 Å². The Bertz CT molecular complexity index is 1610. The van der Waals surface area contributed by atoms with Crippen molar-refractivity contribution < 1.29 is 18.7 Å². The summed E-state index contributed by atoms with van der Waals surface area (Å²) in [6, 6.07) is 9.08. The number of aromatic amines is 1. The zero-order valence-electron chi connectivity index (χ0n) is 18.2. The molecular formula is C26H21NO6. The van der Waals surface area contributed by atoms with Crippen LogP contribution in [0.4, 0.5) is 0 Å². The zero-order chi connectivity index (χ0) is 22.9. The summed E-state index contributed by atoms with van der Waals surface area (Å²) in [7, 11) is 1.59. The molecule has 2 aromatic carbocycles. The molecule has 0 amide bonds. The van der Waals surface area contributed by atoms with Gasteiger partial charge in [-0.05, 0) is 67.6 Å². The standard InChI is InChI=1S/C26H21NO6/c1-12-8-20-23(15-4-3-5-16(15)26(30)32-20)24-22(12)17(11-21(28)33-24)18-10-13-9-14(31-2)6-7-19(13)27-25(18)29/h6-10,17H,3-5,11H2,1-2H3,(H,27,29)/t17-/m0/s1. The van der Waals surface area contributed by atoms with Gasteiger partial charge in [-0.2, -0.15) is 0 Å². The second kappa shape index (κ2) is 7.07. The topological polar surface area (TPSA) is 98.6 Å². The van der Waals surface area contributed by atoms with Crippen LogP contribution in [-0.2, 0) is 17.6 Å². The zero-order valence-corrected chi connectivity index (χ0v) is 18.2. The Morgan fingerprint density at radius 3 is 2.70 bits per heavy atom. The highest BCUT2D eigenvalue weighted by Gasteiger charge is 2.35. The summed E-state index contributed by atoms with van der Waals surface area (Å²) in [5.41, 5.74) is 4.17. The first kappa shape index (κ1) is 19.8. The maximum atomic E-state index is 13.1. The number of aromatic nitrogens is 1. The highest BCUT2D eigenvalue weighted by molar-refractivity contribution is 5.95. The average molecular weight is 443 g/mol. The van der Waals surface area contributed by atoms with Gasteiger partial charge in [0.25, 0.3) is 5.56 Å². The van der Waals surface area contributed by atoms with Gasteiger partial charge in [-0.25, -0.2) is 4.79 Å². The minimum Gasteiger partial charge on any atom is -0.497 e. The summed E-state index contributed by atoms with van der Waals surface area (Å²) < 4.78 is 16.7. The Morgan fingerprint density at radius 2 is 1.88 bits per heavy atom. The molecule has 1 aliphatic carbocycles. The van der Waals surface area contributed by atoms with Gasteiger partial charge in [-0.3, -0.25) is 9.59 Å². The lowest BCUT2D eigenvalue weighted by atomic mass is 9.82. The third-order valence-electron chi connectivity index (χ3n) is 6.85. The molecule has 0 spiro atoms. The van der Waals surface area contributed by atoms with E-state index < -0.39 is 11.9 Å². The lowest BCUT2D eigenvalue weighted by Crippen LogP contribution is -2.27. The van der Waals surface area contributed by atoms with Crippen molar-refractivity contribution >= 4 is 27.8 Å². The first-order valence-electron chi connectivity index (χ1n) is 11.0. The van der Waals surface area contributed by atoms with Gasteiger partial charge in [0.2, 0.25) is 0 Å². The minimum atomic E-state index is -0.478. The Kier molecular flexibility index (Phi) is 4.24. The minimum absolute atomic E-state index is 0.0525. The predicted octanol–water partition coefficient (Wildman–Crippen LogP) is 3.88. The van der Waals surface area contributed by atoms with Crippen LogP contribution in [0.5, 0.6) is 11.5 Å². The highest BCUT2D eigenvalue weighted by Crippen LogP contribution is 2.46. The van der Waals surface area contributed by atoms with E-state index in [-0.39, 0.29) is 17.6 Å². The molecular weight excluding hydrogens is 422 g/mol. The third kappa shape index (κ3) is 2.92. The van der Waals surface area contributed by atoms with E-state index in [9.17, 15) is 14.4 Å². The second-order valence-corrected chi connectivity index (χ2v) is 8.75. The number of fused-ring (bicyclic) bond motifs is 6. The fourth-order valence-electron chi connectivity index (χ4n) is 5.36. The van der Waals surface area contributed by atoms with Gasteiger partial charge < -0.3 is 18.9 Å². The van der Waals surface area contributed by atoms with Crippen molar-refractivity contribution in [2.45, 2.75) is 38.5 Å². The quantitative estimate of drug-likeness (QED) is 0.287. The number of carbonyl (C=O) groups excluding carboxylic acids is 1. The third-order valence-corrected chi connectivity index (χ3v) is 6.85. The van der Waals surface area contributed by atoms with Gasteiger partial charge in [0.15, 0.2) is 0 Å². The monoisotopic (exact) mass is 443 g/mol. The number of nitrogens with one attached hydrogen (secondary N) is 1. The molecule has 0 radical (unpaired) electrons. The average Bonchev–Trinajstić information content (AvgIpc) is 3.28. The van der Waals surface area contributed by atoms with Gasteiger partial charge in [0.1, 0.15) is 17.1 Å². The van der Waals surface area contributed by atoms with Crippen LogP contribution < -0.4 is 20.7 Å². The molecule has 6 rings (SSSR count).